The minimum atomic E-state index is -3.83. The van der Waals surface area contributed by atoms with Crippen molar-refractivity contribution in [2.75, 3.05) is 18.0 Å². The van der Waals surface area contributed by atoms with Crippen LogP contribution >= 0.6 is 0 Å². The second kappa shape index (κ2) is 8.06. The molecule has 1 aromatic heterocycles. The van der Waals surface area contributed by atoms with Gasteiger partial charge in [-0.05, 0) is 61.6 Å². The molecule has 0 radical (unpaired) electrons. The van der Waals surface area contributed by atoms with Crippen LogP contribution in [-0.2, 0) is 16.6 Å². The average Bonchev–Trinajstić information content (AvgIpc) is 2.67. The quantitative estimate of drug-likeness (QED) is 0.788. The third kappa shape index (κ3) is 4.45. The van der Waals surface area contributed by atoms with E-state index in [1.165, 1.54) is 31.5 Å². The Morgan fingerprint density at radius 1 is 1.22 bits per heavy atom. The molecule has 2 heterocycles. The Bertz CT molecular complexity index is 938. The molecule has 2 N–H and O–H groups in total. The van der Waals surface area contributed by atoms with Gasteiger partial charge < -0.3 is 10.0 Å². The van der Waals surface area contributed by atoms with Crippen molar-refractivity contribution in [3.8, 4) is 0 Å². The van der Waals surface area contributed by atoms with E-state index in [4.69, 9.17) is 0 Å². The summed E-state index contributed by atoms with van der Waals surface area (Å²) in [6.45, 7) is 3.54. The maximum atomic E-state index is 12.7. The molecule has 1 saturated heterocycles. The van der Waals surface area contributed by atoms with Gasteiger partial charge >= 0.3 is 5.97 Å². The second-order valence-corrected chi connectivity index (χ2v) is 8.36. The Labute approximate surface area is 159 Å². The van der Waals surface area contributed by atoms with Crippen LogP contribution in [0.3, 0.4) is 0 Å². The van der Waals surface area contributed by atoms with Gasteiger partial charge in [-0.2, -0.15) is 0 Å². The van der Waals surface area contributed by atoms with Crippen LogP contribution in [0.4, 0.5) is 5.82 Å². The highest BCUT2D eigenvalue weighted by atomic mass is 32.2. The number of carbonyl (C=O) groups is 1. The van der Waals surface area contributed by atoms with E-state index in [0.29, 0.717) is 0 Å². The normalized spacial score (nSPS) is 14.9. The number of aromatic nitrogens is 1. The van der Waals surface area contributed by atoms with Crippen molar-refractivity contribution >= 4 is 21.8 Å². The predicted octanol–water partition coefficient (Wildman–Crippen LogP) is 2.56. The van der Waals surface area contributed by atoms with Gasteiger partial charge in [0.15, 0.2) is 0 Å². The van der Waals surface area contributed by atoms with Crippen LogP contribution in [0.1, 0.15) is 40.7 Å². The molecule has 0 aliphatic carbocycles. The van der Waals surface area contributed by atoms with E-state index < -0.39 is 16.0 Å². The van der Waals surface area contributed by atoms with Crippen molar-refractivity contribution in [1.82, 2.24) is 9.71 Å². The number of carboxylic acids is 1. The molecule has 3 rings (SSSR count). The van der Waals surface area contributed by atoms with Crippen LogP contribution in [0, 0.1) is 6.92 Å². The molecular formula is C19H23N3O4S. The molecule has 0 spiro atoms. The lowest BCUT2D eigenvalue weighted by Gasteiger charge is -2.27. The van der Waals surface area contributed by atoms with Gasteiger partial charge in [0.25, 0.3) is 0 Å². The zero-order valence-corrected chi connectivity index (χ0v) is 16.0. The summed E-state index contributed by atoms with van der Waals surface area (Å²) in [5, 5.41) is 9.19. The van der Waals surface area contributed by atoms with Crippen molar-refractivity contribution in [2.45, 2.75) is 37.6 Å². The third-order valence-corrected chi connectivity index (χ3v) is 6.31. The van der Waals surface area contributed by atoms with Crippen LogP contribution in [0.25, 0.3) is 0 Å². The molecule has 144 valence electrons. The number of sulfonamides is 1. The Morgan fingerprint density at radius 2 is 1.96 bits per heavy atom. The molecule has 0 amide bonds. The SMILES string of the molecule is Cc1c(C(=O)O)cccc1S(=O)(=O)NCc1ccnc(N2CCCCC2)c1. The summed E-state index contributed by atoms with van der Waals surface area (Å²) >= 11 is 0. The molecule has 8 heteroatoms. The summed E-state index contributed by atoms with van der Waals surface area (Å²) in [4.78, 5) is 17.8. The molecule has 1 aromatic carbocycles. The van der Waals surface area contributed by atoms with Gasteiger partial charge in [-0.15, -0.1) is 0 Å². The van der Waals surface area contributed by atoms with Crippen molar-refractivity contribution in [2.24, 2.45) is 0 Å². The van der Waals surface area contributed by atoms with Gasteiger partial charge in [0.05, 0.1) is 10.5 Å². The number of hydrogen-bond donors (Lipinski definition) is 2. The van der Waals surface area contributed by atoms with Crippen molar-refractivity contribution < 1.29 is 18.3 Å². The standard InChI is InChI=1S/C19H23N3O4S/c1-14-16(19(23)24)6-5-7-17(14)27(25,26)21-13-15-8-9-20-18(12-15)22-10-3-2-4-11-22/h5-9,12,21H,2-4,10-11,13H2,1H3,(H,23,24). The van der Waals surface area contributed by atoms with E-state index in [0.717, 1.165) is 37.3 Å². The van der Waals surface area contributed by atoms with Crippen LogP contribution < -0.4 is 9.62 Å². The minimum Gasteiger partial charge on any atom is -0.478 e. The first-order valence-corrected chi connectivity index (χ1v) is 10.4. The summed E-state index contributed by atoms with van der Waals surface area (Å²) in [5.74, 6) is -0.291. The van der Waals surface area contributed by atoms with Gasteiger partial charge in [-0.1, -0.05) is 6.07 Å². The van der Waals surface area contributed by atoms with Gasteiger partial charge in [-0.25, -0.2) is 22.9 Å². The fourth-order valence-corrected chi connectivity index (χ4v) is 4.54. The molecule has 1 aliphatic rings. The molecule has 27 heavy (non-hydrogen) atoms. The number of aromatic carboxylic acids is 1. The van der Waals surface area contributed by atoms with Crippen molar-refractivity contribution in [1.29, 1.82) is 0 Å². The summed E-state index contributed by atoms with van der Waals surface area (Å²) in [5.41, 5.74) is 1.01. The summed E-state index contributed by atoms with van der Waals surface area (Å²) in [7, 11) is -3.83. The molecule has 0 unspecified atom stereocenters. The zero-order valence-electron chi connectivity index (χ0n) is 15.2. The second-order valence-electron chi connectivity index (χ2n) is 6.63. The monoisotopic (exact) mass is 389 g/mol. The molecule has 1 aliphatic heterocycles. The van der Waals surface area contributed by atoms with Crippen LogP contribution in [-0.4, -0.2) is 37.6 Å². The van der Waals surface area contributed by atoms with Crippen LogP contribution in [0.15, 0.2) is 41.4 Å². The molecule has 1 fully saturated rings. The molecule has 0 atom stereocenters. The summed E-state index contributed by atoms with van der Waals surface area (Å²) in [6, 6.07) is 7.91. The van der Waals surface area contributed by atoms with Gasteiger partial charge in [0.1, 0.15) is 5.82 Å². The fraction of sp³-hybridized carbons (Fsp3) is 0.368. The molecule has 0 bridgehead atoms. The topological polar surface area (TPSA) is 99.6 Å². The number of nitrogens with one attached hydrogen (secondary N) is 1. The van der Waals surface area contributed by atoms with Gasteiger partial charge in [-0.3, -0.25) is 0 Å². The molecule has 2 aromatic rings. The first-order valence-electron chi connectivity index (χ1n) is 8.91. The van der Waals surface area contributed by atoms with Crippen LogP contribution in [0.2, 0.25) is 0 Å². The Kier molecular flexibility index (Phi) is 5.76. The lowest BCUT2D eigenvalue weighted by molar-refractivity contribution is 0.0696. The Hall–Kier alpha value is -2.45. The number of pyridine rings is 1. The van der Waals surface area contributed by atoms with Crippen molar-refractivity contribution in [3.05, 3.63) is 53.2 Å². The number of piperidine rings is 1. The van der Waals surface area contributed by atoms with Gasteiger partial charge in [0.2, 0.25) is 10.0 Å². The van der Waals surface area contributed by atoms with E-state index in [1.807, 2.05) is 6.07 Å². The molecule has 7 nitrogen and oxygen atoms in total. The van der Waals surface area contributed by atoms with E-state index >= 15 is 0 Å². The number of hydrogen-bond acceptors (Lipinski definition) is 5. The molecular weight excluding hydrogens is 366 g/mol. The highest BCUT2D eigenvalue weighted by Crippen LogP contribution is 2.21. The lowest BCUT2D eigenvalue weighted by atomic mass is 10.1. The highest BCUT2D eigenvalue weighted by molar-refractivity contribution is 7.89. The molecule has 0 saturated carbocycles. The average molecular weight is 389 g/mol. The smallest absolute Gasteiger partial charge is 0.335 e. The maximum Gasteiger partial charge on any atom is 0.335 e. The van der Waals surface area contributed by atoms with Crippen molar-refractivity contribution in [3.63, 3.8) is 0 Å². The summed E-state index contributed by atoms with van der Waals surface area (Å²) < 4.78 is 27.9. The largest absolute Gasteiger partial charge is 0.478 e. The third-order valence-electron chi connectivity index (χ3n) is 4.76. The minimum absolute atomic E-state index is 0.0193. The predicted molar refractivity (Wildman–Crippen MR) is 102 cm³/mol. The first-order chi connectivity index (χ1) is 12.9. The number of benzene rings is 1. The number of anilines is 1. The van der Waals surface area contributed by atoms with E-state index in [9.17, 15) is 18.3 Å². The van der Waals surface area contributed by atoms with E-state index in [-0.39, 0.29) is 22.6 Å². The zero-order chi connectivity index (χ0) is 19.4. The number of carboxylic acid groups (broad SMARTS) is 1. The summed E-state index contributed by atoms with van der Waals surface area (Å²) in [6.07, 6.45) is 5.18. The maximum absolute atomic E-state index is 12.7. The number of rotatable bonds is 6. The van der Waals surface area contributed by atoms with E-state index in [1.54, 1.807) is 12.3 Å². The number of nitrogens with zero attached hydrogens (tertiary/aromatic N) is 2. The highest BCUT2D eigenvalue weighted by Gasteiger charge is 2.20. The Morgan fingerprint density at radius 3 is 2.67 bits per heavy atom. The fourth-order valence-electron chi connectivity index (χ4n) is 3.26. The van der Waals surface area contributed by atoms with E-state index in [2.05, 4.69) is 14.6 Å². The first kappa shape index (κ1) is 19.3. The lowest BCUT2D eigenvalue weighted by Crippen LogP contribution is -2.30. The van der Waals surface area contributed by atoms with Gasteiger partial charge in [0, 0.05) is 25.8 Å². The van der Waals surface area contributed by atoms with Crippen LogP contribution in [0.5, 0.6) is 0 Å². The Balaban J connectivity index is 1.76.